The van der Waals surface area contributed by atoms with Gasteiger partial charge in [0.2, 0.25) is 0 Å². The zero-order valence-electron chi connectivity index (χ0n) is 11.5. The predicted molar refractivity (Wildman–Crippen MR) is 76.3 cm³/mol. The molecule has 1 heterocycles. The minimum atomic E-state index is -0.643. The van der Waals surface area contributed by atoms with Gasteiger partial charge in [-0.05, 0) is 32.2 Å². The van der Waals surface area contributed by atoms with Gasteiger partial charge in [-0.2, -0.15) is 0 Å². The molecular formula is C14H27NO2S. The maximum Gasteiger partial charge on any atom is 0.0510 e. The summed E-state index contributed by atoms with van der Waals surface area (Å²) in [5, 5.41) is 4.06. The summed E-state index contributed by atoms with van der Waals surface area (Å²) in [6.45, 7) is 4.94. The molecule has 3 unspecified atom stereocenters. The summed E-state index contributed by atoms with van der Waals surface area (Å²) in [6, 6.07) is 0.397. The topological polar surface area (TPSA) is 38.3 Å². The van der Waals surface area contributed by atoms with E-state index in [1.807, 2.05) is 0 Å². The van der Waals surface area contributed by atoms with Gasteiger partial charge in [-0.15, -0.1) is 0 Å². The van der Waals surface area contributed by atoms with Gasteiger partial charge in [-0.3, -0.25) is 4.21 Å². The van der Waals surface area contributed by atoms with Crippen molar-refractivity contribution in [2.45, 2.75) is 56.7 Å². The van der Waals surface area contributed by atoms with E-state index in [9.17, 15) is 4.21 Å². The third kappa shape index (κ3) is 4.04. The van der Waals surface area contributed by atoms with Crippen LogP contribution in [0.25, 0.3) is 0 Å². The molecule has 106 valence electrons. The third-order valence-electron chi connectivity index (χ3n) is 4.21. The second kappa shape index (κ2) is 7.61. The van der Waals surface area contributed by atoms with Crippen molar-refractivity contribution in [3.05, 3.63) is 0 Å². The van der Waals surface area contributed by atoms with Crippen LogP contribution in [0.15, 0.2) is 0 Å². The van der Waals surface area contributed by atoms with E-state index in [1.165, 1.54) is 25.7 Å². The SMILES string of the molecule is CCCNC(CS(=O)C1CCCC1)C1CCOC1. The van der Waals surface area contributed by atoms with Crippen LogP contribution in [0.3, 0.4) is 0 Å². The van der Waals surface area contributed by atoms with Crippen LogP contribution in [-0.4, -0.2) is 41.0 Å². The molecule has 1 aliphatic carbocycles. The largest absolute Gasteiger partial charge is 0.381 e. The van der Waals surface area contributed by atoms with Gasteiger partial charge in [0.25, 0.3) is 0 Å². The molecule has 1 N–H and O–H groups in total. The summed E-state index contributed by atoms with van der Waals surface area (Å²) >= 11 is 0. The van der Waals surface area contributed by atoms with Gasteiger partial charge in [0.15, 0.2) is 0 Å². The maximum atomic E-state index is 12.4. The molecular weight excluding hydrogens is 246 g/mol. The van der Waals surface area contributed by atoms with E-state index in [-0.39, 0.29) is 0 Å². The van der Waals surface area contributed by atoms with E-state index in [2.05, 4.69) is 12.2 Å². The molecule has 0 amide bonds. The number of hydrogen-bond donors (Lipinski definition) is 1. The van der Waals surface area contributed by atoms with Gasteiger partial charge >= 0.3 is 0 Å². The summed E-state index contributed by atoms with van der Waals surface area (Å²) in [6.07, 6.45) is 7.16. The third-order valence-corrected chi connectivity index (χ3v) is 6.11. The average Bonchev–Trinajstić information content (AvgIpc) is 3.04. The van der Waals surface area contributed by atoms with E-state index < -0.39 is 10.8 Å². The minimum Gasteiger partial charge on any atom is -0.381 e. The summed E-state index contributed by atoms with van der Waals surface area (Å²) in [5.74, 6) is 1.40. The van der Waals surface area contributed by atoms with Crippen molar-refractivity contribution in [3.8, 4) is 0 Å². The minimum absolute atomic E-state index is 0.397. The molecule has 1 saturated heterocycles. The van der Waals surface area contributed by atoms with Crippen molar-refractivity contribution in [2.75, 3.05) is 25.5 Å². The van der Waals surface area contributed by atoms with E-state index in [0.29, 0.717) is 17.2 Å². The van der Waals surface area contributed by atoms with Crippen LogP contribution in [0.4, 0.5) is 0 Å². The van der Waals surface area contributed by atoms with Crippen molar-refractivity contribution >= 4 is 10.8 Å². The molecule has 2 fully saturated rings. The first-order valence-electron chi connectivity index (χ1n) is 7.49. The first kappa shape index (κ1) is 14.5. The maximum absolute atomic E-state index is 12.4. The summed E-state index contributed by atoms with van der Waals surface area (Å²) < 4.78 is 17.9. The van der Waals surface area contributed by atoms with Crippen LogP contribution in [-0.2, 0) is 15.5 Å². The summed E-state index contributed by atoms with van der Waals surface area (Å²) in [7, 11) is -0.643. The highest BCUT2D eigenvalue weighted by atomic mass is 32.2. The Morgan fingerprint density at radius 3 is 2.72 bits per heavy atom. The van der Waals surface area contributed by atoms with E-state index in [4.69, 9.17) is 4.74 Å². The first-order chi connectivity index (χ1) is 8.81. The molecule has 3 atom stereocenters. The Morgan fingerprint density at radius 1 is 1.33 bits per heavy atom. The molecule has 0 aromatic rings. The van der Waals surface area contributed by atoms with Crippen LogP contribution in [0.1, 0.15) is 45.4 Å². The first-order valence-corrected chi connectivity index (χ1v) is 8.87. The zero-order chi connectivity index (χ0) is 12.8. The average molecular weight is 273 g/mol. The molecule has 3 nitrogen and oxygen atoms in total. The van der Waals surface area contributed by atoms with Crippen LogP contribution in [0.5, 0.6) is 0 Å². The summed E-state index contributed by atoms with van der Waals surface area (Å²) in [4.78, 5) is 0. The molecule has 2 rings (SSSR count). The van der Waals surface area contributed by atoms with Gasteiger partial charge in [-0.1, -0.05) is 19.8 Å². The highest BCUT2D eigenvalue weighted by Crippen LogP contribution is 2.25. The Bertz CT molecular complexity index is 261. The second-order valence-electron chi connectivity index (χ2n) is 5.64. The molecule has 1 aliphatic heterocycles. The Kier molecular flexibility index (Phi) is 6.12. The predicted octanol–water partition coefficient (Wildman–Crippen LogP) is 2.08. The Hall–Kier alpha value is 0.0700. The van der Waals surface area contributed by atoms with Gasteiger partial charge in [0.05, 0.1) is 6.61 Å². The monoisotopic (exact) mass is 273 g/mol. The highest BCUT2D eigenvalue weighted by Gasteiger charge is 2.29. The molecule has 2 aliphatic rings. The molecule has 0 aromatic carbocycles. The fourth-order valence-electron chi connectivity index (χ4n) is 3.03. The number of hydrogen-bond acceptors (Lipinski definition) is 3. The normalized spacial score (nSPS) is 28.6. The molecule has 1 saturated carbocycles. The smallest absolute Gasteiger partial charge is 0.0510 e. The lowest BCUT2D eigenvalue weighted by molar-refractivity contribution is 0.179. The quantitative estimate of drug-likeness (QED) is 0.772. The lowest BCUT2D eigenvalue weighted by atomic mass is 10.0. The van der Waals surface area contributed by atoms with E-state index in [1.54, 1.807) is 0 Å². The van der Waals surface area contributed by atoms with E-state index in [0.717, 1.165) is 38.4 Å². The van der Waals surface area contributed by atoms with Crippen LogP contribution >= 0.6 is 0 Å². The Balaban J connectivity index is 1.84. The second-order valence-corrected chi connectivity index (χ2v) is 7.40. The lowest BCUT2D eigenvalue weighted by Crippen LogP contribution is -2.42. The molecule has 0 radical (unpaired) electrons. The Morgan fingerprint density at radius 2 is 2.11 bits per heavy atom. The molecule has 0 bridgehead atoms. The van der Waals surface area contributed by atoms with Gasteiger partial charge in [-0.25, -0.2) is 0 Å². The van der Waals surface area contributed by atoms with Crippen LogP contribution < -0.4 is 5.32 Å². The van der Waals surface area contributed by atoms with Gasteiger partial charge in [0, 0.05) is 40.4 Å². The molecule has 4 heteroatoms. The van der Waals surface area contributed by atoms with Gasteiger partial charge in [0.1, 0.15) is 0 Å². The lowest BCUT2D eigenvalue weighted by Gasteiger charge is -2.24. The number of nitrogens with one attached hydrogen (secondary N) is 1. The number of rotatable bonds is 7. The van der Waals surface area contributed by atoms with E-state index >= 15 is 0 Å². The van der Waals surface area contributed by atoms with Crippen molar-refractivity contribution in [2.24, 2.45) is 5.92 Å². The molecule has 0 aromatic heterocycles. The molecule has 0 spiro atoms. The van der Waals surface area contributed by atoms with Crippen LogP contribution in [0.2, 0.25) is 0 Å². The summed E-state index contributed by atoms with van der Waals surface area (Å²) in [5.41, 5.74) is 0. The van der Waals surface area contributed by atoms with Crippen molar-refractivity contribution < 1.29 is 8.95 Å². The van der Waals surface area contributed by atoms with Crippen LogP contribution in [0, 0.1) is 5.92 Å². The van der Waals surface area contributed by atoms with Crippen molar-refractivity contribution in [1.82, 2.24) is 5.32 Å². The zero-order valence-corrected chi connectivity index (χ0v) is 12.3. The Labute approximate surface area is 114 Å². The molecule has 18 heavy (non-hydrogen) atoms. The standard InChI is InChI=1S/C14H27NO2S/c1-2-8-15-14(12-7-9-17-10-12)11-18(16)13-5-3-4-6-13/h12-15H,2-11H2,1H3. The number of ether oxygens (including phenoxy) is 1. The fraction of sp³-hybridized carbons (Fsp3) is 1.00. The fourth-order valence-corrected chi connectivity index (χ4v) is 4.90. The van der Waals surface area contributed by atoms with Crippen molar-refractivity contribution in [3.63, 3.8) is 0 Å². The van der Waals surface area contributed by atoms with Gasteiger partial charge < -0.3 is 10.1 Å². The van der Waals surface area contributed by atoms with Crippen molar-refractivity contribution in [1.29, 1.82) is 0 Å². The highest BCUT2D eigenvalue weighted by molar-refractivity contribution is 7.85.